The molecule has 0 N–H and O–H groups in total. The van der Waals surface area contributed by atoms with Crippen LogP contribution in [-0.2, 0) is 22.3 Å². The molecule has 2 atom stereocenters. The summed E-state index contributed by atoms with van der Waals surface area (Å²) in [6.07, 6.45) is 1.80. The maximum atomic E-state index is 13.0. The lowest BCUT2D eigenvalue weighted by Gasteiger charge is -2.34. The van der Waals surface area contributed by atoms with Crippen molar-refractivity contribution in [2.75, 3.05) is 13.1 Å². The predicted molar refractivity (Wildman–Crippen MR) is 87.1 cm³/mol. The molecule has 0 saturated carbocycles. The van der Waals surface area contributed by atoms with E-state index in [9.17, 15) is 8.42 Å². The number of piperidine rings is 1. The molecule has 0 radical (unpaired) electrons. The highest BCUT2D eigenvalue weighted by molar-refractivity contribution is 7.89. The van der Waals surface area contributed by atoms with Crippen LogP contribution < -0.4 is 0 Å². The average molecular weight is 330 g/mol. The molecule has 1 fully saturated rings. The van der Waals surface area contributed by atoms with Gasteiger partial charge in [0.2, 0.25) is 10.0 Å². The summed E-state index contributed by atoms with van der Waals surface area (Å²) < 4.78 is 27.7. The SMILES string of the molecule is CCc1ccc(CCl)cc1S(=O)(=O)N1CC(C)CC(C)C1. The van der Waals surface area contributed by atoms with E-state index in [1.54, 1.807) is 10.4 Å². The molecule has 21 heavy (non-hydrogen) atoms. The van der Waals surface area contributed by atoms with Gasteiger partial charge in [-0.2, -0.15) is 4.31 Å². The van der Waals surface area contributed by atoms with Crippen LogP contribution in [0, 0.1) is 11.8 Å². The van der Waals surface area contributed by atoms with Crippen molar-refractivity contribution in [2.45, 2.75) is 44.4 Å². The number of aryl methyl sites for hydroxylation is 1. The Morgan fingerprint density at radius 3 is 2.38 bits per heavy atom. The molecule has 0 spiro atoms. The van der Waals surface area contributed by atoms with Crippen molar-refractivity contribution in [3.8, 4) is 0 Å². The maximum Gasteiger partial charge on any atom is 0.243 e. The third-order valence-corrected chi connectivity index (χ3v) is 6.34. The van der Waals surface area contributed by atoms with Gasteiger partial charge in [0.15, 0.2) is 0 Å². The summed E-state index contributed by atoms with van der Waals surface area (Å²) >= 11 is 5.87. The molecular weight excluding hydrogens is 306 g/mol. The molecule has 118 valence electrons. The van der Waals surface area contributed by atoms with Gasteiger partial charge in [0.25, 0.3) is 0 Å². The van der Waals surface area contributed by atoms with E-state index < -0.39 is 10.0 Å². The largest absolute Gasteiger partial charge is 0.243 e. The first-order chi connectivity index (χ1) is 9.88. The smallest absolute Gasteiger partial charge is 0.207 e. The Morgan fingerprint density at radius 2 is 1.86 bits per heavy atom. The minimum atomic E-state index is -3.43. The zero-order chi connectivity index (χ0) is 15.6. The minimum Gasteiger partial charge on any atom is -0.207 e. The lowest BCUT2D eigenvalue weighted by atomic mass is 9.94. The Hall–Kier alpha value is -0.580. The van der Waals surface area contributed by atoms with Gasteiger partial charge < -0.3 is 0 Å². The van der Waals surface area contributed by atoms with Gasteiger partial charge in [-0.15, -0.1) is 11.6 Å². The van der Waals surface area contributed by atoms with E-state index in [2.05, 4.69) is 13.8 Å². The monoisotopic (exact) mass is 329 g/mol. The molecular formula is C16H24ClNO2S. The standard InChI is InChI=1S/C16H24ClNO2S/c1-4-15-6-5-14(9-17)8-16(15)21(19,20)18-10-12(2)7-13(3)11-18/h5-6,8,12-13H,4,7,9-11H2,1-3H3. The zero-order valence-corrected chi connectivity index (χ0v) is 14.5. The lowest BCUT2D eigenvalue weighted by Crippen LogP contribution is -2.42. The Morgan fingerprint density at radius 1 is 1.24 bits per heavy atom. The molecule has 0 bridgehead atoms. The molecule has 1 aliphatic heterocycles. The molecule has 1 saturated heterocycles. The molecule has 1 aliphatic rings. The molecule has 1 aromatic rings. The van der Waals surface area contributed by atoms with Crippen LogP contribution in [-0.4, -0.2) is 25.8 Å². The summed E-state index contributed by atoms with van der Waals surface area (Å²) in [5.74, 6) is 1.15. The molecule has 3 nitrogen and oxygen atoms in total. The van der Waals surface area contributed by atoms with Crippen molar-refractivity contribution < 1.29 is 8.42 Å². The molecule has 0 amide bonds. The van der Waals surface area contributed by atoms with Crippen molar-refractivity contribution in [2.24, 2.45) is 11.8 Å². The van der Waals surface area contributed by atoms with Crippen LogP contribution in [0.25, 0.3) is 0 Å². The van der Waals surface area contributed by atoms with Crippen LogP contribution in [0.1, 0.15) is 38.3 Å². The number of halogens is 1. The van der Waals surface area contributed by atoms with Crippen LogP contribution >= 0.6 is 11.6 Å². The first-order valence-electron chi connectivity index (χ1n) is 7.56. The number of nitrogens with zero attached hydrogens (tertiary/aromatic N) is 1. The van der Waals surface area contributed by atoms with Crippen molar-refractivity contribution in [3.63, 3.8) is 0 Å². The fraction of sp³-hybridized carbons (Fsp3) is 0.625. The Balaban J connectivity index is 2.43. The summed E-state index contributed by atoms with van der Waals surface area (Å²) in [7, 11) is -3.43. The van der Waals surface area contributed by atoms with Gasteiger partial charge in [0.1, 0.15) is 0 Å². The van der Waals surface area contributed by atoms with Gasteiger partial charge in [-0.25, -0.2) is 8.42 Å². The van der Waals surface area contributed by atoms with Crippen LogP contribution in [0.4, 0.5) is 0 Å². The topological polar surface area (TPSA) is 37.4 Å². The fourth-order valence-corrected chi connectivity index (χ4v) is 5.35. The van der Waals surface area contributed by atoms with Gasteiger partial charge in [-0.1, -0.05) is 32.9 Å². The Bertz CT molecular complexity index is 590. The molecule has 2 unspecified atom stereocenters. The second kappa shape index (κ2) is 6.67. The maximum absolute atomic E-state index is 13.0. The van der Waals surface area contributed by atoms with E-state index >= 15 is 0 Å². The third-order valence-electron chi connectivity index (χ3n) is 4.12. The third kappa shape index (κ3) is 3.61. The zero-order valence-electron chi connectivity index (χ0n) is 13.0. The van der Waals surface area contributed by atoms with Crippen LogP contribution in [0.2, 0.25) is 0 Å². The number of benzene rings is 1. The highest BCUT2D eigenvalue weighted by Crippen LogP contribution is 2.29. The van der Waals surface area contributed by atoms with E-state index in [1.165, 1.54) is 0 Å². The van der Waals surface area contributed by atoms with Gasteiger partial charge in [0.05, 0.1) is 4.90 Å². The number of rotatable bonds is 4. The summed E-state index contributed by atoms with van der Waals surface area (Å²) in [5, 5.41) is 0. The number of alkyl halides is 1. The van der Waals surface area contributed by atoms with Gasteiger partial charge in [-0.3, -0.25) is 0 Å². The van der Waals surface area contributed by atoms with Crippen molar-refractivity contribution in [3.05, 3.63) is 29.3 Å². The summed E-state index contributed by atoms with van der Waals surface area (Å²) in [4.78, 5) is 0.435. The quantitative estimate of drug-likeness (QED) is 0.791. The van der Waals surface area contributed by atoms with E-state index in [-0.39, 0.29) is 0 Å². The normalized spacial score (nSPS) is 24.2. The van der Waals surface area contributed by atoms with Crippen molar-refractivity contribution in [1.29, 1.82) is 0 Å². The second-order valence-corrected chi connectivity index (χ2v) is 8.37. The second-order valence-electron chi connectivity index (χ2n) is 6.20. The van der Waals surface area contributed by atoms with Gasteiger partial charge in [-0.05, 0) is 41.9 Å². The average Bonchev–Trinajstić information content (AvgIpc) is 2.45. The van der Waals surface area contributed by atoms with E-state index in [0.29, 0.717) is 42.1 Å². The molecule has 2 rings (SSSR count). The van der Waals surface area contributed by atoms with E-state index in [1.807, 2.05) is 19.1 Å². The van der Waals surface area contributed by atoms with E-state index in [0.717, 1.165) is 17.5 Å². The number of sulfonamides is 1. The first kappa shape index (κ1) is 16.8. The first-order valence-corrected chi connectivity index (χ1v) is 9.53. The fourth-order valence-electron chi connectivity index (χ4n) is 3.16. The molecule has 0 aliphatic carbocycles. The molecule has 5 heteroatoms. The molecule has 0 aromatic heterocycles. The molecule has 1 aromatic carbocycles. The predicted octanol–water partition coefficient (Wildman–Crippen LogP) is 3.65. The Labute approximate surface area is 133 Å². The highest BCUT2D eigenvalue weighted by atomic mass is 35.5. The minimum absolute atomic E-state index is 0.333. The van der Waals surface area contributed by atoms with Crippen LogP contribution in [0.5, 0.6) is 0 Å². The number of hydrogen-bond acceptors (Lipinski definition) is 2. The van der Waals surface area contributed by atoms with E-state index in [4.69, 9.17) is 11.6 Å². The highest BCUT2D eigenvalue weighted by Gasteiger charge is 2.32. The van der Waals surface area contributed by atoms with Crippen LogP contribution in [0.3, 0.4) is 0 Å². The lowest BCUT2D eigenvalue weighted by molar-refractivity contribution is 0.222. The van der Waals surface area contributed by atoms with Crippen molar-refractivity contribution >= 4 is 21.6 Å². The van der Waals surface area contributed by atoms with Crippen molar-refractivity contribution in [1.82, 2.24) is 4.31 Å². The molecule has 1 heterocycles. The van der Waals surface area contributed by atoms with Gasteiger partial charge in [0, 0.05) is 19.0 Å². The summed E-state index contributed by atoms with van der Waals surface area (Å²) in [5.41, 5.74) is 1.72. The Kier molecular flexibility index (Phi) is 5.33. The summed E-state index contributed by atoms with van der Waals surface area (Å²) in [6.45, 7) is 7.44. The van der Waals surface area contributed by atoms with Crippen LogP contribution in [0.15, 0.2) is 23.1 Å². The van der Waals surface area contributed by atoms with Gasteiger partial charge >= 0.3 is 0 Å². The number of hydrogen-bond donors (Lipinski definition) is 0. The summed E-state index contributed by atoms with van der Waals surface area (Å²) in [6, 6.07) is 5.54.